The van der Waals surface area contributed by atoms with Crippen LogP contribution in [0.5, 0.6) is 0 Å². The van der Waals surface area contributed by atoms with Crippen LogP contribution in [0.2, 0.25) is 5.02 Å². The molecular weight excluding hydrogens is 264 g/mol. The standard InChI is InChI=1S/C13H15ClN4O/c1-18-6-4-13(9-15,5-7-18)17-12(19)11-3-2-10(14)8-16-11/h2-3,8H,4-7H2,1H3,(H,17,19). The normalized spacial score (nSPS) is 18.6. The number of nitriles is 1. The van der Waals surface area contributed by atoms with Crippen molar-refractivity contribution >= 4 is 17.5 Å². The molecule has 2 heterocycles. The van der Waals surface area contributed by atoms with Crippen molar-refractivity contribution in [1.82, 2.24) is 15.2 Å². The molecule has 0 saturated carbocycles. The number of likely N-dealkylation sites (tertiary alicyclic amines) is 1. The van der Waals surface area contributed by atoms with E-state index in [1.54, 1.807) is 12.1 Å². The van der Waals surface area contributed by atoms with E-state index in [0.717, 1.165) is 13.1 Å². The van der Waals surface area contributed by atoms with Crippen LogP contribution in [0.1, 0.15) is 23.3 Å². The average molecular weight is 279 g/mol. The third-order valence-electron chi connectivity index (χ3n) is 3.37. The molecule has 100 valence electrons. The quantitative estimate of drug-likeness (QED) is 0.889. The maximum Gasteiger partial charge on any atom is 0.271 e. The van der Waals surface area contributed by atoms with E-state index in [0.29, 0.717) is 17.9 Å². The van der Waals surface area contributed by atoms with E-state index in [1.165, 1.54) is 6.20 Å². The van der Waals surface area contributed by atoms with Gasteiger partial charge in [0.2, 0.25) is 0 Å². The molecule has 1 aromatic rings. The fourth-order valence-corrected chi connectivity index (χ4v) is 2.17. The van der Waals surface area contributed by atoms with Gasteiger partial charge in [0.15, 0.2) is 0 Å². The summed E-state index contributed by atoms with van der Waals surface area (Å²) in [6.45, 7) is 1.59. The lowest BCUT2D eigenvalue weighted by atomic mass is 9.89. The number of halogens is 1. The molecule has 19 heavy (non-hydrogen) atoms. The second kappa shape index (κ2) is 5.55. The van der Waals surface area contributed by atoms with Gasteiger partial charge >= 0.3 is 0 Å². The third-order valence-corrected chi connectivity index (χ3v) is 3.59. The summed E-state index contributed by atoms with van der Waals surface area (Å²) in [6, 6.07) is 5.40. The van der Waals surface area contributed by atoms with Crippen LogP contribution in [0.15, 0.2) is 18.3 Å². The lowest BCUT2D eigenvalue weighted by Gasteiger charge is -2.35. The van der Waals surface area contributed by atoms with Gasteiger partial charge in [-0.05, 0) is 32.0 Å². The summed E-state index contributed by atoms with van der Waals surface area (Å²) in [5, 5.41) is 12.6. The topological polar surface area (TPSA) is 69.0 Å². The van der Waals surface area contributed by atoms with Crippen LogP contribution in [0.3, 0.4) is 0 Å². The largest absolute Gasteiger partial charge is 0.332 e. The predicted molar refractivity (Wildman–Crippen MR) is 71.8 cm³/mol. The fraction of sp³-hybridized carbons (Fsp3) is 0.462. The Morgan fingerprint density at radius 1 is 1.53 bits per heavy atom. The molecule has 5 nitrogen and oxygen atoms in total. The van der Waals surface area contributed by atoms with Gasteiger partial charge in [-0.2, -0.15) is 5.26 Å². The number of piperidine rings is 1. The number of carbonyl (C=O) groups excluding carboxylic acids is 1. The lowest BCUT2D eigenvalue weighted by Crippen LogP contribution is -2.53. The first-order valence-corrected chi connectivity index (χ1v) is 6.46. The zero-order chi connectivity index (χ0) is 13.9. The van der Waals surface area contributed by atoms with Gasteiger partial charge in [-0.15, -0.1) is 0 Å². The molecule has 1 aliphatic rings. The monoisotopic (exact) mass is 278 g/mol. The van der Waals surface area contributed by atoms with Gasteiger partial charge in [0.05, 0.1) is 11.1 Å². The fourth-order valence-electron chi connectivity index (χ4n) is 2.06. The minimum atomic E-state index is -0.787. The van der Waals surface area contributed by atoms with Gasteiger partial charge in [0.25, 0.3) is 5.91 Å². The van der Waals surface area contributed by atoms with Gasteiger partial charge in [0, 0.05) is 19.3 Å². The first-order valence-electron chi connectivity index (χ1n) is 6.08. The van der Waals surface area contributed by atoms with E-state index in [-0.39, 0.29) is 11.6 Å². The van der Waals surface area contributed by atoms with E-state index in [2.05, 4.69) is 21.3 Å². The van der Waals surface area contributed by atoms with Gasteiger partial charge in [-0.3, -0.25) is 4.79 Å². The van der Waals surface area contributed by atoms with Crippen LogP contribution in [0, 0.1) is 11.3 Å². The Morgan fingerprint density at radius 2 is 2.21 bits per heavy atom. The number of hydrogen-bond donors (Lipinski definition) is 1. The van der Waals surface area contributed by atoms with Gasteiger partial charge in [-0.25, -0.2) is 4.98 Å². The highest BCUT2D eigenvalue weighted by Crippen LogP contribution is 2.21. The molecule has 0 atom stereocenters. The van der Waals surface area contributed by atoms with Crippen molar-refractivity contribution in [3.8, 4) is 6.07 Å². The zero-order valence-electron chi connectivity index (χ0n) is 10.7. The van der Waals surface area contributed by atoms with Crippen molar-refractivity contribution in [2.75, 3.05) is 20.1 Å². The average Bonchev–Trinajstić information content (AvgIpc) is 2.42. The highest BCUT2D eigenvalue weighted by molar-refractivity contribution is 6.30. The minimum absolute atomic E-state index is 0.276. The van der Waals surface area contributed by atoms with Crippen molar-refractivity contribution in [3.05, 3.63) is 29.0 Å². The predicted octanol–water partition coefficient (Wildman–Crippen LogP) is 1.45. The Bertz CT molecular complexity index is 500. The van der Waals surface area contributed by atoms with E-state index in [9.17, 15) is 10.1 Å². The number of nitrogens with one attached hydrogen (secondary N) is 1. The SMILES string of the molecule is CN1CCC(C#N)(NC(=O)c2ccc(Cl)cn2)CC1. The maximum absolute atomic E-state index is 12.1. The lowest BCUT2D eigenvalue weighted by molar-refractivity contribution is 0.0877. The van der Waals surface area contributed by atoms with Crippen LogP contribution in [0.25, 0.3) is 0 Å². The van der Waals surface area contributed by atoms with Crippen LogP contribution in [-0.4, -0.2) is 41.5 Å². The smallest absolute Gasteiger partial charge is 0.271 e. The summed E-state index contributed by atoms with van der Waals surface area (Å²) < 4.78 is 0. The number of pyridine rings is 1. The molecule has 1 aromatic heterocycles. The maximum atomic E-state index is 12.1. The molecule has 1 fully saturated rings. The summed E-state index contributed by atoms with van der Waals surface area (Å²) in [6.07, 6.45) is 2.67. The number of nitrogens with zero attached hydrogens (tertiary/aromatic N) is 3. The molecule has 0 radical (unpaired) electrons. The number of hydrogen-bond acceptors (Lipinski definition) is 4. The van der Waals surface area contributed by atoms with Crippen LogP contribution < -0.4 is 5.32 Å². The van der Waals surface area contributed by atoms with Crippen LogP contribution >= 0.6 is 11.6 Å². The van der Waals surface area contributed by atoms with Crippen molar-refractivity contribution < 1.29 is 4.79 Å². The summed E-state index contributed by atoms with van der Waals surface area (Å²) in [4.78, 5) is 18.2. The second-order valence-corrected chi connectivity index (χ2v) is 5.25. The Labute approximate surface area is 117 Å². The van der Waals surface area contributed by atoms with Crippen molar-refractivity contribution in [1.29, 1.82) is 5.26 Å². The first kappa shape index (κ1) is 13.8. The molecule has 1 saturated heterocycles. The minimum Gasteiger partial charge on any atom is -0.332 e. The van der Waals surface area contributed by atoms with Crippen molar-refractivity contribution in [2.45, 2.75) is 18.4 Å². The summed E-state index contributed by atoms with van der Waals surface area (Å²) in [7, 11) is 2.00. The highest BCUT2D eigenvalue weighted by Gasteiger charge is 2.35. The Morgan fingerprint density at radius 3 is 2.74 bits per heavy atom. The number of rotatable bonds is 2. The molecule has 0 unspecified atom stereocenters. The summed E-state index contributed by atoms with van der Waals surface area (Å²) in [5.74, 6) is -0.331. The Balaban J connectivity index is 2.09. The van der Waals surface area contributed by atoms with Gasteiger partial charge in [0.1, 0.15) is 11.2 Å². The van der Waals surface area contributed by atoms with Gasteiger partial charge in [-0.1, -0.05) is 11.6 Å². The summed E-state index contributed by atoms with van der Waals surface area (Å²) >= 11 is 5.73. The summed E-state index contributed by atoms with van der Waals surface area (Å²) in [5.41, 5.74) is -0.511. The van der Waals surface area contributed by atoms with E-state index in [4.69, 9.17) is 11.6 Å². The molecule has 1 aliphatic heterocycles. The number of aromatic nitrogens is 1. The molecule has 0 aromatic carbocycles. The van der Waals surface area contributed by atoms with Crippen molar-refractivity contribution in [3.63, 3.8) is 0 Å². The highest BCUT2D eigenvalue weighted by atomic mass is 35.5. The van der Waals surface area contributed by atoms with Gasteiger partial charge < -0.3 is 10.2 Å². The van der Waals surface area contributed by atoms with Crippen LogP contribution in [0.4, 0.5) is 0 Å². The Hall–Kier alpha value is -1.64. The van der Waals surface area contributed by atoms with Crippen LogP contribution in [-0.2, 0) is 0 Å². The van der Waals surface area contributed by atoms with E-state index < -0.39 is 5.54 Å². The molecule has 6 heteroatoms. The molecule has 2 rings (SSSR count). The molecule has 1 amide bonds. The third kappa shape index (κ3) is 3.22. The second-order valence-electron chi connectivity index (χ2n) is 4.81. The molecule has 1 N–H and O–H groups in total. The van der Waals surface area contributed by atoms with Crippen molar-refractivity contribution in [2.24, 2.45) is 0 Å². The zero-order valence-corrected chi connectivity index (χ0v) is 11.4. The molecule has 0 bridgehead atoms. The molecule has 0 aliphatic carbocycles. The van der Waals surface area contributed by atoms with E-state index in [1.807, 2.05) is 7.05 Å². The first-order chi connectivity index (χ1) is 9.04. The number of carbonyl (C=O) groups is 1. The number of amides is 1. The molecule has 0 spiro atoms. The molecular formula is C13H15ClN4O. The Kier molecular flexibility index (Phi) is 4.03. The van der Waals surface area contributed by atoms with E-state index >= 15 is 0 Å².